The summed E-state index contributed by atoms with van der Waals surface area (Å²) in [6, 6.07) is 9.96. The summed E-state index contributed by atoms with van der Waals surface area (Å²) in [5.41, 5.74) is 2.40. The number of aryl methyl sites for hydroxylation is 2. The van der Waals surface area contributed by atoms with Crippen molar-refractivity contribution in [3.63, 3.8) is 0 Å². The van der Waals surface area contributed by atoms with Gasteiger partial charge in [-0.05, 0) is 31.5 Å². The highest BCUT2D eigenvalue weighted by Crippen LogP contribution is 2.28. The molecule has 2 aromatic rings. The molecule has 0 radical (unpaired) electrons. The number of nitrogens with one attached hydrogen (secondary N) is 1. The third kappa shape index (κ3) is 4.71. The van der Waals surface area contributed by atoms with Gasteiger partial charge in [-0.1, -0.05) is 29.3 Å². The Morgan fingerprint density at radius 3 is 2.65 bits per heavy atom. The highest BCUT2D eigenvalue weighted by molar-refractivity contribution is 8.00. The molecule has 0 fully saturated rings. The van der Waals surface area contributed by atoms with Gasteiger partial charge in [-0.3, -0.25) is 14.9 Å². The van der Waals surface area contributed by atoms with Crippen molar-refractivity contribution in [2.45, 2.75) is 18.7 Å². The van der Waals surface area contributed by atoms with Crippen LogP contribution in [-0.2, 0) is 4.79 Å². The van der Waals surface area contributed by atoms with E-state index >= 15 is 0 Å². The fourth-order valence-corrected chi connectivity index (χ4v) is 2.99. The molecular formula is C16H15ClN2O3S. The third-order valence-electron chi connectivity index (χ3n) is 3.12. The molecule has 0 atom stereocenters. The summed E-state index contributed by atoms with van der Waals surface area (Å²) in [5.74, 6) is -0.0690. The number of nitrogens with zero attached hydrogens (tertiary/aromatic N) is 1. The average Bonchev–Trinajstić information content (AvgIpc) is 2.48. The Labute approximate surface area is 143 Å². The van der Waals surface area contributed by atoms with Crippen LogP contribution in [0.1, 0.15) is 11.1 Å². The standard InChI is InChI=1S/C16H15ClN2O3S/c1-10-3-6-15(11(2)7-10)23-9-16(20)18-14-8-12(19(21)22)4-5-13(14)17/h3-8H,9H2,1-2H3,(H,18,20). The van der Waals surface area contributed by atoms with Gasteiger partial charge in [0, 0.05) is 17.0 Å². The van der Waals surface area contributed by atoms with E-state index in [-0.39, 0.29) is 28.1 Å². The van der Waals surface area contributed by atoms with Gasteiger partial charge in [0.05, 0.1) is 21.4 Å². The van der Waals surface area contributed by atoms with E-state index in [0.717, 1.165) is 10.5 Å². The summed E-state index contributed by atoms with van der Waals surface area (Å²) in [5, 5.41) is 13.6. The number of hydrogen-bond donors (Lipinski definition) is 1. The summed E-state index contributed by atoms with van der Waals surface area (Å²) in [6.07, 6.45) is 0. The second kappa shape index (κ2) is 7.48. The van der Waals surface area contributed by atoms with Crippen LogP contribution in [0.4, 0.5) is 11.4 Å². The van der Waals surface area contributed by atoms with Gasteiger partial charge in [0.1, 0.15) is 0 Å². The van der Waals surface area contributed by atoms with Gasteiger partial charge in [-0.15, -0.1) is 11.8 Å². The SMILES string of the molecule is Cc1ccc(SCC(=O)Nc2cc([N+](=O)[O-])ccc2Cl)c(C)c1. The van der Waals surface area contributed by atoms with E-state index in [1.54, 1.807) is 0 Å². The van der Waals surface area contributed by atoms with E-state index in [1.165, 1.54) is 35.5 Å². The zero-order chi connectivity index (χ0) is 17.0. The van der Waals surface area contributed by atoms with E-state index in [4.69, 9.17) is 11.6 Å². The third-order valence-corrected chi connectivity index (χ3v) is 4.63. The summed E-state index contributed by atoms with van der Waals surface area (Å²) in [7, 11) is 0. The van der Waals surface area contributed by atoms with Crippen molar-refractivity contribution in [3.05, 3.63) is 62.7 Å². The van der Waals surface area contributed by atoms with Crippen molar-refractivity contribution >= 4 is 40.6 Å². The number of benzene rings is 2. The minimum atomic E-state index is -0.531. The highest BCUT2D eigenvalue weighted by Gasteiger charge is 2.12. The van der Waals surface area contributed by atoms with E-state index in [2.05, 4.69) is 11.4 Å². The van der Waals surface area contributed by atoms with Crippen molar-refractivity contribution in [2.75, 3.05) is 11.1 Å². The number of non-ortho nitro benzene ring substituents is 1. The smallest absolute Gasteiger partial charge is 0.271 e. The molecule has 7 heteroatoms. The van der Waals surface area contributed by atoms with E-state index < -0.39 is 4.92 Å². The monoisotopic (exact) mass is 350 g/mol. The fourth-order valence-electron chi connectivity index (χ4n) is 2.01. The number of amides is 1. The molecule has 0 aliphatic carbocycles. The molecule has 1 N–H and O–H groups in total. The first-order valence-corrected chi connectivity index (χ1v) is 8.17. The number of hydrogen-bond acceptors (Lipinski definition) is 4. The van der Waals surface area contributed by atoms with Crippen LogP contribution in [0.3, 0.4) is 0 Å². The molecule has 23 heavy (non-hydrogen) atoms. The van der Waals surface area contributed by atoms with Gasteiger partial charge in [0.15, 0.2) is 0 Å². The second-order valence-corrected chi connectivity index (χ2v) is 6.45. The Kier molecular flexibility index (Phi) is 5.63. The van der Waals surface area contributed by atoms with Crippen molar-refractivity contribution < 1.29 is 9.72 Å². The first kappa shape index (κ1) is 17.3. The number of rotatable bonds is 5. The van der Waals surface area contributed by atoms with Gasteiger partial charge in [-0.25, -0.2) is 0 Å². The van der Waals surface area contributed by atoms with Crippen molar-refractivity contribution in [1.82, 2.24) is 0 Å². The molecule has 2 aromatic carbocycles. The van der Waals surface area contributed by atoms with Crippen LogP contribution in [0.15, 0.2) is 41.3 Å². The highest BCUT2D eigenvalue weighted by atomic mass is 35.5. The predicted octanol–water partition coefficient (Wildman–Crippen LogP) is 4.60. The Morgan fingerprint density at radius 1 is 1.26 bits per heavy atom. The first-order valence-electron chi connectivity index (χ1n) is 6.80. The Hall–Kier alpha value is -2.05. The van der Waals surface area contributed by atoms with Crippen molar-refractivity contribution in [2.24, 2.45) is 0 Å². The summed E-state index contributed by atoms with van der Waals surface area (Å²) < 4.78 is 0. The lowest BCUT2D eigenvalue weighted by Crippen LogP contribution is -2.14. The largest absolute Gasteiger partial charge is 0.324 e. The molecule has 0 saturated heterocycles. The van der Waals surface area contributed by atoms with Crippen molar-refractivity contribution in [3.8, 4) is 0 Å². The second-order valence-electron chi connectivity index (χ2n) is 5.03. The van der Waals surface area contributed by atoms with Crippen LogP contribution < -0.4 is 5.32 Å². The van der Waals surface area contributed by atoms with Crippen LogP contribution in [0.5, 0.6) is 0 Å². The van der Waals surface area contributed by atoms with Crippen LogP contribution >= 0.6 is 23.4 Å². The molecule has 2 rings (SSSR count). The lowest BCUT2D eigenvalue weighted by atomic mass is 10.2. The molecule has 0 unspecified atom stereocenters. The van der Waals surface area contributed by atoms with Crippen molar-refractivity contribution in [1.29, 1.82) is 0 Å². The topological polar surface area (TPSA) is 72.2 Å². The van der Waals surface area contributed by atoms with Crippen LogP contribution in [-0.4, -0.2) is 16.6 Å². The lowest BCUT2D eigenvalue weighted by Gasteiger charge is -2.09. The molecule has 0 spiro atoms. The number of carbonyl (C=O) groups is 1. The van der Waals surface area contributed by atoms with E-state index in [1.807, 2.05) is 26.0 Å². The maximum atomic E-state index is 12.0. The molecule has 0 aliphatic rings. The van der Waals surface area contributed by atoms with Gasteiger partial charge in [0.2, 0.25) is 5.91 Å². The number of anilines is 1. The zero-order valence-electron chi connectivity index (χ0n) is 12.6. The van der Waals surface area contributed by atoms with E-state index in [9.17, 15) is 14.9 Å². The molecule has 120 valence electrons. The van der Waals surface area contributed by atoms with Gasteiger partial charge >= 0.3 is 0 Å². The van der Waals surface area contributed by atoms with Gasteiger partial charge in [-0.2, -0.15) is 0 Å². The van der Waals surface area contributed by atoms with Crippen LogP contribution in [0.25, 0.3) is 0 Å². The van der Waals surface area contributed by atoms with E-state index in [0.29, 0.717) is 0 Å². The van der Waals surface area contributed by atoms with Gasteiger partial charge in [0.25, 0.3) is 5.69 Å². The minimum Gasteiger partial charge on any atom is -0.324 e. The molecule has 0 bridgehead atoms. The maximum Gasteiger partial charge on any atom is 0.271 e. The van der Waals surface area contributed by atoms with Crippen LogP contribution in [0, 0.1) is 24.0 Å². The quantitative estimate of drug-likeness (QED) is 0.486. The molecule has 0 aromatic heterocycles. The maximum absolute atomic E-state index is 12.0. The first-order chi connectivity index (χ1) is 10.9. The molecule has 0 heterocycles. The normalized spacial score (nSPS) is 10.4. The molecule has 5 nitrogen and oxygen atoms in total. The Bertz CT molecular complexity index is 765. The average molecular weight is 351 g/mol. The summed E-state index contributed by atoms with van der Waals surface area (Å²) in [4.78, 5) is 23.3. The van der Waals surface area contributed by atoms with Gasteiger partial charge < -0.3 is 5.32 Å². The predicted molar refractivity (Wildman–Crippen MR) is 93.4 cm³/mol. The number of thioether (sulfide) groups is 1. The molecular weight excluding hydrogens is 336 g/mol. The number of halogens is 1. The number of carbonyl (C=O) groups excluding carboxylic acids is 1. The molecule has 0 saturated carbocycles. The van der Waals surface area contributed by atoms with Crippen LogP contribution in [0.2, 0.25) is 5.02 Å². The zero-order valence-corrected chi connectivity index (χ0v) is 14.2. The summed E-state index contributed by atoms with van der Waals surface area (Å²) in [6.45, 7) is 4.00. The minimum absolute atomic E-state index is 0.119. The number of nitro groups is 1. The fraction of sp³-hybridized carbons (Fsp3) is 0.188. The Balaban J connectivity index is 2.02. The molecule has 1 amide bonds. The lowest BCUT2D eigenvalue weighted by molar-refractivity contribution is -0.384. The molecule has 0 aliphatic heterocycles. The number of nitro benzene ring substituents is 1. The Morgan fingerprint density at radius 2 is 2.00 bits per heavy atom. The summed E-state index contributed by atoms with van der Waals surface area (Å²) >= 11 is 7.37.